The average Bonchev–Trinajstić information content (AvgIpc) is 1.84. The summed E-state index contributed by atoms with van der Waals surface area (Å²) in [6.07, 6.45) is 5.42. The summed E-state index contributed by atoms with van der Waals surface area (Å²) in [5, 5.41) is 0. The fraction of sp³-hybridized carbons (Fsp3) is 0.750. The lowest BCUT2D eigenvalue weighted by Crippen LogP contribution is -2.54. The van der Waals surface area contributed by atoms with Gasteiger partial charge in [0.2, 0.25) is 0 Å². The molecule has 0 aromatic heterocycles. The van der Waals surface area contributed by atoms with Gasteiger partial charge in [-0.05, 0) is 13.3 Å². The average molecular weight is 125 g/mol. The Balaban J connectivity index is 2.78. The second-order valence-corrected chi connectivity index (χ2v) is 3.39. The second-order valence-electron chi connectivity index (χ2n) is 3.39. The fourth-order valence-corrected chi connectivity index (χ4v) is 1.13. The molecule has 1 aliphatic carbocycles. The molecule has 52 valence electrons. The summed E-state index contributed by atoms with van der Waals surface area (Å²) in [7, 11) is 0. The van der Waals surface area contributed by atoms with E-state index in [4.69, 9.17) is 5.73 Å². The molecule has 0 aliphatic heterocycles. The van der Waals surface area contributed by atoms with Gasteiger partial charge in [0, 0.05) is 11.0 Å². The predicted molar refractivity (Wildman–Crippen MR) is 40.1 cm³/mol. The predicted octanol–water partition coefficient (Wildman–Crippen LogP) is 1.69. The normalized spacial score (nSPS) is 48.9. The maximum Gasteiger partial charge on any atom is 0.0400 e. The van der Waals surface area contributed by atoms with Gasteiger partial charge in [-0.3, -0.25) is 0 Å². The van der Waals surface area contributed by atoms with Crippen LogP contribution in [0.1, 0.15) is 27.2 Å². The van der Waals surface area contributed by atoms with Crippen LogP contribution in [0, 0.1) is 5.41 Å². The van der Waals surface area contributed by atoms with Gasteiger partial charge >= 0.3 is 0 Å². The molecule has 0 saturated heterocycles. The Kier molecular flexibility index (Phi) is 1.21. The maximum absolute atomic E-state index is 5.92. The minimum absolute atomic E-state index is 0.0538. The van der Waals surface area contributed by atoms with Crippen LogP contribution in [-0.4, -0.2) is 5.54 Å². The summed E-state index contributed by atoms with van der Waals surface area (Å²) in [5.41, 5.74) is 6.13. The van der Waals surface area contributed by atoms with Crippen molar-refractivity contribution in [1.82, 2.24) is 0 Å². The van der Waals surface area contributed by atoms with Gasteiger partial charge in [0.25, 0.3) is 0 Å². The summed E-state index contributed by atoms with van der Waals surface area (Å²) in [5.74, 6) is 0. The zero-order valence-corrected chi connectivity index (χ0v) is 6.44. The third-order valence-corrected chi connectivity index (χ3v) is 2.76. The molecule has 0 amide bonds. The zero-order valence-electron chi connectivity index (χ0n) is 6.44. The fourth-order valence-electron chi connectivity index (χ4n) is 1.13. The van der Waals surface area contributed by atoms with E-state index in [0.29, 0.717) is 0 Å². The Morgan fingerprint density at radius 3 is 1.89 bits per heavy atom. The van der Waals surface area contributed by atoms with Crippen molar-refractivity contribution >= 4 is 0 Å². The number of hydrogen-bond donors (Lipinski definition) is 1. The van der Waals surface area contributed by atoms with Crippen molar-refractivity contribution < 1.29 is 0 Å². The van der Waals surface area contributed by atoms with Gasteiger partial charge in [-0.1, -0.05) is 26.0 Å². The molecule has 2 atom stereocenters. The topological polar surface area (TPSA) is 26.0 Å². The molecule has 9 heavy (non-hydrogen) atoms. The minimum atomic E-state index is -0.0538. The molecule has 0 spiro atoms. The van der Waals surface area contributed by atoms with Crippen LogP contribution in [0.2, 0.25) is 0 Å². The highest BCUT2D eigenvalue weighted by Crippen LogP contribution is 2.42. The molecule has 1 rings (SSSR count). The lowest BCUT2D eigenvalue weighted by molar-refractivity contribution is 0.226. The monoisotopic (exact) mass is 125 g/mol. The minimum Gasteiger partial charge on any atom is -0.321 e. The van der Waals surface area contributed by atoms with Crippen molar-refractivity contribution in [2.75, 3.05) is 0 Å². The molecule has 0 radical (unpaired) electrons. The van der Waals surface area contributed by atoms with E-state index in [1.165, 1.54) is 0 Å². The van der Waals surface area contributed by atoms with Crippen LogP contribution in [0.4, 0.5) is 0 Å². The molecule has 0 aromatic rings. The van der Waals surface area contributed by atoms with E-state index in [9.17, 15) is 0 Å². The second kappa shape index (κ2) is 1.60. The highest BCUT2D eigenvalue weighted by atomic mass is 14.8. The molecule has 0 bridgehead atoms. The Morgan fingerprint density at radius 1 is 1.33 bits per heavy atom. The summed E-state index contributed by atoms with van der Waals surface area (Å²) < 4.78 is 0. The standard InChI is InChI=1S/C8H15N/c1-4-7(2)5-6-8(7,3)9/h5-6H,4,9H2,1-3H3/t7-,8?/m1/s1. The first-order valence-electron chi connectivity index (χ1n) is 3.51. The van der Waals surface area contributed by atoms with Crippen LogP contribution in [0.15, 0.2) is 12.2 Å². The first kappa shape index (κ1) is 6.81. The van der Waals surface area contributed by atoms with Crippen molar-refractivity contribution in [2.24, 2.45) is 11.1 Å². The Hall–Kier alpha value is -0.300. The van der Waals surface area contributed by atoms with Gasteiger partial charge in [0.1, 0.15) is 0 Å². The van der Waals surface area contributed by atoms with Crippen molar-refractivity contribution in [3.05, 3.63) is 12.2 Å². The van der Waals surface area contributed by atoms with Crippen LogP contribution < -0.4 is 5.73 Å². The Labute approximate surface area is 56.9 Å². The number of rotatable bonds is 1. The smallest absolute Gasteiger partial charge is 0.0400 e. The van der Waals surface area contributed by atoms with Gasteiger partial charge in [-0.2, -0.15) is 0 Å². The maximum atomic E-state index is 5.92. The van der Waals surface area contributed by atoms with Crippen LogP contribution in [-0.2, 0) is 0 Å². The van der Waals surface area contributed by atoms with Gasteiger partial charge in [0.15, 0.2) is 0 Å². The Morgan fingerprint density at radius 2 is 1.89 bits per heavy atom. The summed E-state index contributed by atoms with van der Waals surface area (Å²) >= 11 is 0. The molecule has 1 aliphatic rings. The van der Waals surface area contributed by atoms with Crippen LogP contribution in [0.5, 0.6) is 0 Å². The molecule has 1 heteroatoms. The molecule has 2 N–H and O–H groups in total. The molecule has 0 fully saturated rings. The van der Waals surface area contributed by atoms with E-state index in [-0.39, 0.29) is 11.0 Å². The zero-order chi connectivity index (χ0) is 7.12. The van der Waals surface area contributed by atoms with Crippen LogP contribution in [0.3, 0.4) is 0 Å². The molecular formula is C8H15N. The quantitative estimate of drug-likeness (QED) is 0.530. The van der Waals surface area contributed by atoms with E-state index in [0.717, 1.165) is 6.42 Å². The summed E-state index contributed by atoms with van der Waals surface area (Å²) in [6, 6.07) is 0. The van der Waals surface area contributed by atoms with Crippen LogP contribution >= 0.6 is 0 Å². The Bertz CT molecular complexity index is 147. The number of nitrogens with two attached hydrogens (primary N) is 1. The third-order valence-electron chi connectivity index (χ3n) is 2.76. The summed E-state index contributed by atoms with van der Waals surface area (Å²) in [4.78, 5) is 0. The van der Waals surface area contributed by atoms with Gasteiger partial charge in [-0.15, -0.1) is 0 Å². The molecule has 0 saturated carbocycles. The van der Waals surface area contributed by atoms with E-state index in [2.05, 4.69) is 32.9 Å². The van der Waals surface area contributed by atoms with E-state index < -0.39 is 0 Å². The first-order chi connectivity index (χ1) is 4.02. The SMILES string of the molecule is CC[C@]1(C)C=CC1(C)N. The van der Waals surface area contributed by atoms with E-state index >= 15 is 0 Å². The highest BCUT2D eigenvalue weighted by molar-refractivity contribution is 5.28. The van der Waals surface area contributed by atoms with E-state index in [1.807, 2.05) is 0 Å². The van der Waals surface area contributed by atoms with Crippen molar-refractivity contribution in [1.29, 1.82) is 0 Å². The first-order valence-corrected chi connectivity index (χ1v) is 3.51. The van der Waals surface area contributed by atoms with Gasteiger partial charge < -0.3 is 5.73 Å². The van der Waals surface area contributed by atoms with Crippen molar-refractivity contribution in [3.63, 3.8) is 0 Å². The lowest BCUT2D eigenvalue weighted by atomic mass is 9.62. The highest BCUT2D eigenvalue weighted by Gasteiger charge is 2.42. The lowest BCUT2D eigenvalue weighted by Gasteiger charge is -2.46. The van der Waals surface area contributed by atoms with Crippen LogP contribution in [0.25, 0.3) is 0 Å². The molecule has 0 heterocycles. The van der Waals surface area contributed by atoms with Gasteiger partial charge in [0.05, 0.1) is 0 Å². The molecular weight excluding hydrogens is 110 g/mol. The van der Waals surface area contributed by atoms with Crippen molar-refractivity contribution in [2.45, 2.75) is 32.7 Å². The molecule has 1 nitrogen and oxygen atoms in total. The third kappa shape index (κ3) is 0.715. The van der Waals surface area contributed by atoms with Gasteiger partial charge in [-0.25, -0.2) is 0 Å². The number of hydrogen-bond acceptors (Lipinski definition) is 1. The molecule has 0 aromatic carbocycles. The largest absolute Gasteiger partial charge is 0.321 e. The molecule has 1 unspecified atom stereocenters. The van der Waals surface area contributed by atoms with E-state index in [1.54, 1.807) is 0 Å². The summed E-state index contributed by atoms with van der Waals surface area (Å²) in [6.45, 7) is 6.46. The van der Waals surface area contributed by atoms with Crippen molar-refractivity contribution in [3.8, 4) is 0 Å².